The third-order valence-corrected chi connectivity index (χ3v) is 4.68. The highest BCUT2D eigenvalue weighted by atomic mass is 19.1. The minimum Gasteiger partial charge on any atom is -0.207 e. The maximum atomic E-state index is 15.0. The van der Waals surface area contributed by atoms with Crippen molar-refractivity contribution >= 4 is 21.5 Å². The lowest BCUT2D eigenvalue weighted by molar-refractivity contribution is 0.577. The van der Waals surface area contributed by atoms with Crippen LogP contribution < -0.4 is 0 Å². The van der Waals surface area contributed by atoms with Gasteiger partial charge in [0, 0.05) is 21.9 Å². The number of halogens is 3. The summed E-state index contributed by atoms with van der Waals surface area (Å²) in [7, 11) is 0. The van der Waals surface area contributed by atoms with Gasteiger partial charge >= 0.3 is 0 Å². The first kappa shape index (κ1) is 15.7. The molecule has 4 aromatic carbocycles. The van der Waals surface area contributed by atoms with Gasteiger partial charge in [-0.3, -0.25) is 0 Å². The van der Waals surface area contributed by atoms with Crippen molar-refractivity contribution in [2.75, 3.05) is 0 Å². The molecular weight excluding hydrogens is 321 g/mol. The number of hydrogen-bond acceptors (Lipinski definition) is 0. The predicted octanol–water partition coefficient (Wildman–Crippen LogP) is 6.69. The van der Waals surface area contributed by atoms with Crippen molar-refractivity contribution in [2.45, 2.75) is 13.8 Å². The van der Waals surface area contributed by atoms with Crippen LogP contribution in [0.25, 0.3) is 32.7 Å². The molecule has 0 radical (unpaired) electrons. The molecule has 0 spiro atoms. The smallest absolute Gasteiger partial charge is 0.138 e. The summed E-state index contributed by atoms with van der Waals surface area (Å²) >= 11 is 0. The molecule has 0 fully saturated rings. The van der Waals surface area contributed by atoms with Crippen molar-refractivity contribution in [3.63, 3.8) is 0 Å². The van der Waals surface area contributed by atoms with Crippen LogP contribution in [-0.2, 0) is 0 Å². The summed E-state index contributed by atoms with van der Waals surface area (Å²) in [5, 5.41) is 2.11. The molecule has 4 aromatic rings. The molecule has 124 valence electrons. The molecular formula is C22H15F3. The SMILES string of the molecule is Cc1ccc2c(F)c(-c3ccc4c(F)c(C)c(F)cc4c3)ccc2c1. The molecule has 0 amide bonds. The summed E-state index contributed by atoms with van der Waals surface area (Å²) in [4.78, 5) is 0. The summed E-state index contributed by atoms with van der Waals surface area (Å²) in [5.41, 5.74) is 2.06. The van der Waals surface area contributed by atoms with E-state index in [4.69, 9.17) is 0 Å². The van der Waals surface area contributed by atoms with E-state index >= 15 is 0 Å². The molecule has 0 bridgehead atoms. The third-order valence-electron chi connectivity index (χ3n) is 4.68. The normalized spacial score (nSPS) is 11.4. The van der Waals surface area contributed by atoms with Crippen LogP contribution in [0.1, 0.15) is 11.1 Å². The summed E-state index contributed by atoms with van der Waals surface area (Å²) in [6, 6.07) is 15.3. The fourth-order valence-corrected chi connectivity index (χ4v) is 3.24. The van der Waals surface area contributed by atoms with Crippen LogP contribution in [0.5, 0.6) is 0 Å². The quantitative estimate of drug-likeness (QED) is 0.363. The Morgan fingerprint density at radius 1 is 0.640 bits per heavy atom. The van der Waals surface area contributed by atoms with E-state index in [-0.39, 0.29) is 11.4 Å². The Morgan fingerprint density at radius 2 is 1.36 bits per heavy atom. The topological polar surface area (TPSA) is 0 Å². The van der Waals surface area contributed by atoms with Gasteiger partial charge in [0.15, 0.2) is 0 Å². The highest BCUT2D eigenvalue weighted by molar-refractivity contribution is 5.92. The molecule has 25 heavy (non-hydrogen) atoms. The van der Waals surface area contributed by atoms with Gasteiger partial charge in [0.2, 0.25) is 0 Å². The van der Waals surface area contributed by atoms with E-state index in [2.05, 4.69) is 0 Å². The van der Waals surface area contributed by atoms with E-state index in [1.54, 1.807) is 30.3 Å². The molecule has 3 heteroatoms. The van der Waals surface area contributed by atoms with Gasteiger partial charge in [-0.1, -0.05) is 48.0 Å². The molecule has 0 saturated carbocycles. The van der Waals surface area contributed by atoms with E-state index in [1.165, 1.54) is 13.0 Å². The van der Waals surface area contributed by atoms with Crippen LogP contribution >= 0.6 is 0 Å². The number of rotatable bonds is 1. The van der Waals surface area contributed by atoms with E-state index in [9.17, 15) is 13.2 Å². The zero-order chi connectivity index (χ0) is 17.7. The average Bonchev–Trinajstić information content (AvgIpc) is 2.59. The highest BCUT2D eigenvalue weighted by Crippen LogP contribution is 2.33. The Balaban J connectivity index is 1.95. The first-order valence-electron chi connectivity index (χ1n) is 8.03. The van der Waals surface area contributed by atoms with Gasteiger partial charge in [-0.05, 0) is 42.3 Å². The molecule has 0 aromatic heterocycles. The lowest BCUT2D eigenvalue weighted by Gasteiger charge is -2.10. The molecule has 0 saturated heterocycles. The summed E-state index contributed by atoms with van der Waals surface area (Å²) in [5.74, 6) is -1.50. The Hall–Kier alpha value is -2.81. The maximum Gasteiger partial charge on any atom is 0.138 e. The van der Waals surface area contributed by atoms with Crippen LogP contribution in [-0.4, -0.2) is 0 Å². The fraction of sp³-hybridized carbons (Fsp3) is 0.0909. The monoisotopic (exact) mass is 336 g/mol. The van der Waals surface area contributed by atoms with Crippen molar-refractivity contribution in [1.29, 1.82) is 0 Å². The van der Waals surface area contributed by atoms with Gasteiger partial charge in [0.05, 0.1) is 0 Å². The predicted molar refractivity (Wildman–Crippen MR) is 96.2 cm³/mol. The van der Waals surface area contributed by atoms with Crippen LogP contribution in [0.4, 0.5) is 13.2 Å². The van der Waals surface area contributed by atoms with Gasteiger partial charge in [-0.15, -0.1) is 0 Å². The Labute approximate surface area is 143 Å². The van der Waals surface area contributed by atoms with E-state index in [0.717, 1.165) is 10.9 Å². The van der Waals surface area contributed by atoms with Crippen molar-refractivity contribution in [3.05, 3.63) is 83.2 Å². The van der Waals surface area contributed by atoms with Gasteiger partial charge in [0.25, 0.3) is 0 Å². The average molecular weight is 336 g/mol. The maximum absolute atomic E-state index is 15.0. The number of hydrogen-bond donors (Lipinski definition) is 0. The standard InChI is InChI=1S/C22H15F3/c1-12-3-6-17-14(9-12)4-7-18(22(17)25)15-5-8-19-16(10-15)11-20(23)13(2)21(19)24/h3-11H,1-2H3. The van der Waals surface area contributed by atoms with Crippen molar-refractivity contribution < 1.29 is 13.2 Å². The summed E-state index contributed by atoms with van der Waals surface area (Å²) in [6.07, 6.45) is 0. The Bertz CT molecular complexity index is 1140. The molecule has 0 heterocycles. The second-order valence-electron chi connectivity index (χ2n) is 6.38. The number of aryl methyl sites for hydroxylation is 1. The van der Waals surface area contributed by atoms with Crippen molar-refractivity contribution in [1.82, 2.24) is 0 Å². The first-order valence-corrected chi connectivity index (χ1v) is 8.03. The van der Waals surface area contributed by atoms with Crippen LogP contribution in [0.15, 0.2) is 54.6 Å². The molecule has 0 aliphatic rings. The summed E-state index contributed by atoms with van der Waals surface area (Å²) < 4.78 is 43.0. The lowest BCUT2D eigenvalue weighted by atomic mass is 9.96. The molecule has 4 rings (SSSR count). The van der Waals surface area contributed by atoms with Gasteiger partial charge in [0.1, 0.15) is 17.5 Å². The van der Waals surface area contributed by atoms with Crippen LogP contribution in [0.2, 0.25) is 0 Å². The highest BCUT2D eigenvalue weighted by Gasteiger charge is 2.13. The van der Waals surface area contributed by atoms with E-state index in [1.807, 2.05) is 25.1 Å². The molecule has 0 aliphatic heterocycles. The Kier molecular flexibility index (Phi) is 3.53. The van der Waals surface area contributed by atoms with E-state index in [0.29, 0.717) is 27.3 Å². The number of fused-ring (bicyclic) bond motifs is 2. The van der Waals surface area contributed by atoms with Gasteiger partial charge < -0.3 is 0 Å². The van der Waals surface area contributed by atoms with Gasteiger partial charge in [-0.25, -0.2) is 13.2 Å². The summed E-state index contributed by atoms with van der Waals surface area (Å²) in [6.45, 7) is 3.36. The van der Waals surface area contributed by atoms with Gasteiger partial charge in [-0.2, -0.15) is 0 Å². The molecule has 0 nitrogen and oxygen atoms in total. The van der Waals surface area contributed by atoms with Crippen LogP contribution in [0.3, 0.4) is 0 Å². The fourth-order valence-electron chi connectivity index (χ4n) is 3.24. The zero-order valence-corrected chi connectivity index (χ0v) is 13.8. The first-order chi connectivity index (χ1) is 12.0. The molecule has 0 unspecified atom stereocenters. The van der Waals surface area contributed by atoms with E-state index < -0.39 is 11.6 Å². The second-order valence-corrected chi connectivity index (χ2v) is 6.38. The van der Waals surface area contributed by atoms with Crippen molar-refractivity contribution in [2.24, 2.45) is 0 Å². The van der Waals surface area contributed by atoms with Crippen molar-refractivity contribution in [3.8, 4) is 11.1 Å². The minimum atomic E-state index is -0.600. The lowest BCUT2D eigenvalue weighted by Crippen LogP contribution is -1.92. The third kappa shape index (κ3) is 2.47. The number of benzene rings is 4. The molecule has 0 N–H and O–H groups in total. The zero-order valence-electron chi connectivity index (χ0n) is 13.8. The Morgan fingerprint density at radius 3 is 2.16 bits per heavy atom. The molecule has 0 aliphatic carbocycles. The minimum absolute atomic E-state index is 0.00694. The largest absolute Gasteiger partial charge is 0.207 e. The second kappa shape index (κ2) is 5.62. The molecule has 0 atom stereocenters. The van der Waals surface area contributed by atoms with Crippen LogP contribution in [0, 0.1) is 31.3 Å².